The summed E-state index contributed by atoms with van der Waals surface area (Å²) < 4.78 is 0. The second kappa shape index (κ2) is 5.70. The Morgan fingerprint density at radius 2 is 1.85 bits per heavy atom. The van der Waals surface area contributed by atoms with Gasteiger partial charge < -0.3 is 4.90 Å². The topological polar surface area (TPSA) is 16.1 Å². The fourth-order valence-electron chi connectivity index (χ4n) is 1.31. The first-order valence-electron chi connectivity index (χ1n) is 4.82. The van der Waals surface area contributed by atoms with Crippen molar-refractivity contribution in [3.8, 4) is 0 Å². The summed E-state index contributed by atoms with van der Waals surface area (Å²) in [6.07, 6.45) is 7.44. The predicted molar refractivity (Wildman–Crippen MR) is 55.7 cm³/mol. The molecule has 13 heavy (non-hydrogen) atoms. The van der Waals surface area contributed by atoms with Crippen LogP contribution in [0.4, 0.5) is 0 Å². The maximum Gasteiger partial charge on any atom is 0.0270 e. The molecule has 0 fully saturated rings. The largest absolute Gasteiger partial charge is 0.309 e. The molecule has 1 rings (SSSR count). The Labute approximate surface area is 80.6 Å². The predicted octanol–water partition coefficient (Wildman–Crippen LogP) is 1.97. The van der Waals surface area contributed by atoms with E-state index in [0.717, 1.165) is 0 Å². The lowest BCUT2D eigenvalue weighted by Gasteiger charge is -2.08. The quantitative estimate of drug-likeness (QED) is 0.641. The van der Waals surface area contributed by atoms with Gasteiger partial charge in [-0.2, -0.15) is 0 Å². The summed E-state index contributed by atoms with van der Waals surface area (Å²) in [5, 5.41) is 0. The third-order valence-electron chi connectivity index (χ3n) is 2.07. The van der Waals surface area contributed by atoms with Crippen LogP contribution >= 0.6 is 0 Å². The number of nitrogens with zero attached hydrogens (tertiary/aromatic N) is 2. The summed E-state index contributed by atoms with van der Waals surface area (Å²) in [5.41, 5.74) is 1.40. The molecule has 0 saturated carbocycles. The highest BCUT2D eigenvalue weighted by molar-refractivity contribution is 5.09. The van der Waals surface area contributed by atoms with Crippen LogP contribution in [0.5, 0.6) is 0 Å². The SMILES string of the molecule is CN(C)CCCCc1ccncc1. The van der Waals surface area contributed by atoms with E-state index >= 15 is 0 Å². The molecule has 0 spiro atoms. The Kier molecular flexibility index (Phi) is 4.47. The van der Waals surface area contributed by atoms with Gasteiger partial charge in [-0.1, -0.05) is 0 Å². The van der Waals surface area contributed by atoms with E-state index in [4.69, 9.17) is 0 Å². The van der Waals surface area contributed by atoms with Crippen molar-refractivity contribution in [2.24, 2.45) is 0 Å². The summed E-state index contributed by atoms with van der Waals surface area (Å²) in [4.78, 5) is 6.22. The van der Waals surface area contributed by atoms with Crippen LogP contribution in [-0.4, -0.2) is 30.5 Å². The first-order valence-corrected chi connectivity index (χ1v) is 4.82. The molecule has 0 aromatic carbocycles. The second-order valence-electron chi connectivity index (χ2n) is 3.62. The third kappa shape index (κ3) is 4.63. The van der Waals surface area contributed by atoms with Gasteiger partial charge in [-0.3, -0.25) is 4.98 Å². The minimum absolute atomic E-state index is 1.18. The molecule has 2 nitrogen and oxygen atoms in total. The van der Waals surface area contributed by atoms with E-state index in [0.29, 0.717) is 0 Å². The number of hydrogen-bond acceptors (Lipinski definition) is 2. The average Bonchev–Trinajstić information content (AvgIpc) is 2.14. The van der Waals surface area contributed by atoms with Crippen molar-refractivity contribution >= 4 is 0 Å². The molecule has 0 bridgehead atoms. The fraction of sp³-hybridized carbons (Fsp3) is 0.545. The monoisotopic (exact) mass is 178 g/mol. The fourth-order valence-corrected chi connectivity index (χ4v) is 1.31. The zero-order chi connectivity index (χ0) is 9.52. The zero-order valence-corrected chi connectivity index (χ0v) is 8.53. The molecule has 0 aliphatic heterocycles. The molecule has 0 N–H and O–H groups in total. The summed E-state index contributed by atoms with van der Waals surface area (Å²) in [6.45, 7) is 1.19. The number of hydrogen-bond donors (Lipinski definition) is 0. The van der Waals surface area contributed by atoms with Gasteiger partial charge in [0, 0.05) is 12.4 Å². The van der Waals surface area contributed by atoms with Crippen LogP contribution in [0.15, 0.2) is 24.5 Å². The first-order chi connectivity index (χ1) is 6.29. The lowest BCUT2D eigenvalue weighted by molar-refractivity contribution is 0.394. The first kappa shape index (κ1) is 10.2. The van der Waals surface area contributed by atoms with Crippen molar-refractivity contribution < 1.29 is 0 Å². The molecule has 0 aliphatic carbocycles. The minimum Gasteiger partial charge on any atom is -0.309 e. The van der Waals surface area contributed by atoms with Crippen molar-refractivity contribution in [3.63, 3.8) is 0 Å². The van der Waals surface area contributed by atoms with Crippen LogP contribution in [-0.2, 0) is 6.42 Å². The molecule has 0 radical (unpaired) electrons. The molecule has 1 aromatic heterocycles. The Balaban J connectivity index is 2.13. The van der Waals surface area contributed by atoms with E-state index in [1.807, 2.05) is 12.4 Å². The Bertz CT molecular complexity index is 219. The Morgan fingerprint density at radius 3 is 2.46 bits per heavy atom. The Hall–Kier alpha value is -0.890. The van der Waals surface area contributed by atoms with Crippen molar-refractivity contribution in [1.82, 2.24) is 9.88 Å². The van der Waals surface area contributed by atoms with Crippen molar-refractivity contribution in [2.45, 2.75) is 19.3 Å². The van der Waals surface area contributed by atoms with E-state index in [1.54, 1.807) is 0 Å². The molecule has 0 aliphatic rings. The van der Waals surface area contributed by atoms with Gasteiger partial charge in [0.1, 0.15) is 0 Å². The van der Waals surface area contributed by atoms with Crippen molar-refractivity contribution in [3.05, 3.63) is 30.1 Å². The van der Waals surface area contributed by atoms with E-state index in [-0.39, 0.29) is 0 Å². The number of aromatic nitrogens is 1. The van der Waals surface area contributed by atoms with E-state index in [9.17, 15) is 0 Å². The molecular weight excluding hydrogens is 160 g/mol. The maximum atomic E-state index is 3.99. The van der Waals surface area contributed by atoms with Gasteiger partial charge in [-0.05, 0) is 57.6 Å². The molecule has 0 atom stereocenters. The summed E-state index contributed by atoms with van der Waals surface area (Å²) in [6, 6.07) is 4.19. The van der Waals surface area contributed by atoms with Gasteiger partial charge in [0.05, 0.1) is 0 Å². The molecule has 1 heterocycles. The van der Waals surface area contributed by atoms with Crippen LogP contribution in [0.25, 0.3) is 0 Å². The summed E-state index contributed by atoms with van der Waals surface area (Å²) >= 11 is 0. The lowest BCUT2D eigenvalue weighted by atomic mass is 10.1. The minimum atomic E-state index is 1.18. The number of unbranched alkanes of at least 4 members (excludes halogenated alkanes) is 1. The van der Waals surface area contributed by atoms with Gasteiger partial charge >= 0.3 is 0 Å². The van der Waals surface area contributed by atoms with Crippen LogP contribution in [0.3, 0.4) is 0 Å². The molecular formula is C11H18N2. The van der Waals surface area contributed by atoms with Crippen LogP contribution in [0, 0.1) is 0 Å². The van der Waals surface area contributed by atoms with Crippen LogP contribution in [0.1, 0.15) is 18.4 Å². The Morgan fingerprint density at radius 1 is 1.15 bits per heavy atom. The number of pyridine rings is 1. The van der Waals surface area contributed by atoms with Gasteiger partial charge in [-0.15, -0.1) is 0 Å². The van der Waals surface area contributed by atoms with Crippen molar-refractivity contribution in [2.75, 3.05) is 20.6 Å². The van der Waals surface area contributed by atoms with Crippen molar-refractivity contribution in [1.29, 1.82) is 0 Å². The number of aryl methyl sites for hydroxylation is 1. The second-order valence-corrected chi connectivity index (χ2v) is 3.62. The van der Waals surface area contributed by atoms with Crippen LogP contribution in [0.2, 0.25) is 0 Å². The maximum absolute atomic E-state index is 3.99. The highest BCUT2D eigenvalue weighted by atomic mass is 15.0. The van der Waals surface area contributed by atoms with Crippen LogP contribution < -0.4 is 0 Å². The normalized spacial score (nSPS) is 10.7. The molecule has 1 aromatic rings. The van der Waals surface area contributed by atoms with E-state index in [2.05, 4.69) is 36.1 Å². The smallest absolute Gasteiger partial charge is 0.0270 e. The number of rotatable bonds is 5. The molecule has 0 saturated heterocycles. The van der Waals surface area contributed by atoms with Gasteiger partial charge in [0.15, 0.2) is 0 Å². The molecule has 72 valence electrons. The molecule has 2 heteroatoms. The van der Waals surface area contributed by atoms with Gasteiger partial charge in [-0.25, -0.2) is 0 Å². The standard InChI is InChI=1S/C11H18N2/c1-13(2)10-4-3-5-11-6-8-12-9-7-11/h6-9H,3-5,10H2,1-2H3. The molecule has 0 amide bonds. The zero-order valence-electron chi connectivity index (χ0n) is 8.53. The third-order valence-corrected chi connectivity index (χ3v) is 2.07. The van der Waals surface area contributed by atoms with Gasteiger partial charge in [0.25, 0.3) is 0 Å². The summed E-state index contributed by atoms with van der Waals surface area (Å²) in [5.74, 6) is 0. The molecule has 0 unspecified atom stereocenters. The van der Waals surface area contributed by atoms with E-state index in [1.165, 1.54) is 31.4 Å². The summed E-state index contributed by atoms with van der Waals surface area (Å²) in [7, 11) is 4.23. The van der Waals surface area contributed by atoms with Gasteiger partial charge in [0.2, 0.25) is 0 Å². The highest BCUT2D eigenvalue weighted by Crippen LogP contribution is 2.03. The average molecular weight is 178 g/mol. The van der Waals surface area contributed by atoms with E-state index < -0.39 is 0 Å². The lowest BCUT2D eigenvalue weighted by Crippen LogP contribution is -2.12. The highest BCUT2D eigenvalue weighted by Gasteiger charge is 1.93.